The van der Waals surface area contributed by atoms with Crippen LogP contribution in [0.4, 0.5) is 10.5 Å². The molecule has 2 aromatic rings. The van der Waals surface area contributed by atoms with E-state index in [-0.39, 0.29) is 6.54 Å². The molecule has 2 aromatic carbocycles. The van der Waals surface area contributed by atoms with Crippen molar-refractivity contribution >= 4 is 23.5 Å². The van der Waals surface area contributed by atoms with Crippen molar-refractivity contribution < 1.29 is 19.1 Å². The van der Waals surface area contributed by atoms with Crippen molar-refractivity contribution in [1.29, 1.82) is 0 Å². The summed E-state index contributed by atoms with van der Waals surface area (Å²) in [7, 11) is 0. The molecule has 0 aliphatic carbocycles. The number of nitrogens with zero attached hydrogens (tertiary/aromatic N) is 1. The maximum absolute atomic E-state index is 13.2. The van der Waals surface area contributed by atoms with Crippen molar-refractivity contribution in [2.45, 2.75) is 31.7 Å². The van der Waals surface area contributed by atoms with Crippen LogP contribution < -0.4 is 15.4 Å². The third kappa shape index (κ3) is 3.44. The SMILES string of the molecule is CCCc1ccc(NC(=O)CN2C(=O)NC3(CCOc4ccccc43)C2=O)cc1. The van der Waals surface area contributed by atoms with Crippen LogP contribution in [-0.2, 0) is 21.5 Å². The van der Waals surface area contributed by atoms with E-state index in [9.17, 15) is 14.4 Å². The molecule has 0 saturated carbocycles. The van der Waals surface area contributed by atoms with Crippen LogP contribution in [0.5, 0.6) is 5.75 Å². The molecule has 7 nitrogen and oxygen atoms in total. The number of aryl methyl sites for hydroxylation is 1. The lowest BCUT2D eigenvalue weighted by atomic mass is 9.84. The molecular formula is C22H23N3O4. The number of carbonyl (C=O) groups excluding carboxylic acids is 3. The highest BCUT2D eigenvalue weighted by atomic mass is 16.5. The molecule has 0 aromatic heterocycles. The van der Waals surface area contributed by atoms with Gasteiger partial charge in [-0.05, 0) is 30.2 Å². The van der Waals surface area contributed by atoms with Crippen molar-refractivity contribution in [3.05, 3.63) is 59.7 Å². The molecule has 4 amide bonds. The van der Waals surface area contributed by atoms with Crippen LogP contribution in [0.2, 0.25) is 0 Å². The Labute approximate surface area is 169 Å². The van der Waals surface area contributed by atoms with Crippen molar-refractivity contribution in [2.75, 3.05) is 18.5 Å². The summed E-state index contributed by atoms with van der Waals surface area (Å²) in [6.45, 7) is 2.08. The van der Waals surface area contributed by atoms with Crippen LogP contribution in [0.3, 0.4) is 0 Å². The fraction of sp³-hybridized carbons (Fsp3) is 0.318. The quantitative estimate of drug-likeness (QED) is 0.765. The number of carbonyl (C=O) groups is 3. The number of imide groups is 1. The number of ether oxygens (including phenoxy) is 1. The second kappa shape index (κ2) is 7.58. The van der Waals surface area contributed by atoms with E-state index in [2.05, 4.69) is 17.6 Å². The van der Waals surface area contributed by atoms with E-state index in [4.69, 9.17) is 4.74 Å². The molecule has 1 unspecified atom stereocenters. The van der Waals surface area contributed by atoms with Crippen LogP contribution >= 0.6 is 0 Å². The molecule has 1 spiro atoms. The summed E-state index contributed by atoms with van der Waals surface area (Å²) >= 11 is 0. The maximum atomic E-state index is 13.2. The summed E-state index contributed by atoms with van der Waals surface area (Å²) in [4.78, 5) is 39.2. The number of benzene rings is 2. The molecule has 29 heavy (non-hydrogen) atoms. The van der Waals surface area contributed by atoms with Gasteiger partial charge in [0.2, 0.25) is 5.91 Å². The Kier molecular flexibility index (Phi) is 4.96. The van der Waals surface area contributed by atoms with Crippen molar-refractivity contribution in [3.8, 4) is 5.75 Å². The van der Waals surface area contributed by atoms with E-state index in [1.54, 1.807) is 18.2 Å². The minimum absolute atomic E-state index is 0.313. The molecular weight excluding hydrogens is 370 g/mol. The molecule has 1 fully saturated rings. The number of amides is 4. The molecule has 2 N–H and O–H groups in total. The van der Waals surface area contributed by atoms with Crippen molar-refractivity contribution in [1.82, 2.24) is 10.2 Å². The van der Waals surface area contributed by atoms with Gasteiger partial charge in [-0.3, -0.25) is 14.5 Å². The molecule has 0 radical (unpaired) electrons. The number of urea groups is 1. The number of fused-ring (bicyclic) bond motifs is 2. The molecule has 2 aliphatic heterocycles. The summed E-state index contributed by atoms with van der Waals surface area (Å²) in [5.41, 5.74) is 1.28. The van der Waals surface area contributed by atoms with E-state index in [0.29, 0.717) is 30.0 Å². The first-order valence-corrected chi connectivity index (χ1v) is 9.79. The van der Waals surface area contributed by atoms with Crippen LogP contribution in [0.25, 0.3) is 0 Å². The number of rotatable bonds is 5. The Hall–Kier alpha value is -3.35. The van der Waals surface area contributed by atoms with E-state index in [0.717, 1.165) is 17.7 Å². The Balaban J connectivity index is 1.48. The van der Waals surface area contributed by atoms with Crippen LogP contribution in [0.15, 0.2) is 48.5 Å². The van der Waals surface area contributed by atoms with Gasteiger partial charge in [-0.25, -0.2) is 4.79 Å². The van der Waals surface area contributed by atoms with Gasteiger partial charge in [0.05, 0.1) is 6.61 Å². The van der Waals surface area contributed by atoms with Crippen LogP contribution in [0.1, 0.15) is 30.9 Å². The van der Waals surface area contributed by atoms with Crippen molar-refractivity contribution in [2.24, 2.45) is 0 Å². The minimum Gasteiger partial charge on any atom is -0.493 e. The highest BCUT2D eigenvalue weighted by Crippen LogP contribution is 2.40. The van der Waals surface area contributed by atoms with Gasteiger partial charge >= 0.3 is 6.03 Å². The zero-order valence-corrected chi connectivity index (χ0v) is 16.2. The second-order valence-electron chi connectivity index (χ2n) is 7.32. The highest BCUT2D eigenvalue weighted by Gasteiger charge is 2.55. The average molecular weight is 393 g/mol. The fourth-order valence-corrected chi connectivity index (χ4v) is 3.90. The van der Waals surface area contributed by atoms with Gasteiger partial charge in [-0.1, -0.05) is 43.7 Å². The molecule has 1 saturated heterocycles. The lowest BCUT2D eigenvalue weighted by Crippen LogP contribution is -2.48. The van der Waals surface area contributed by atoms with Gasteiger partial charge < -0.3 is 15.4 Å². The second-order valence-corrected chi connectivity index (χ2v) is 7.32. The Morgan fingerprint density at radius 2 is 1.93 bits per heavy atom. The summed E-state index contributed by atoms with van der Waals surface area (Å²) in [6, 6.07) is 14.2. The minimum atomic E-state index is -1.17. The van der Waals surface area contributed by atoms with Crippen LogP contribution in [0, 0.1) is 0 Å². The normalized spacial score (nSPS) is 20.2. The van der Waals surface area contributed by atoms with E-state index in [1.807, 2.05) is 30.3 Å². The lowest BCUT2D eigenvalue weighted by Gasteiger charge is -2.33. The third-order valence-electron chi connectivity index (χ3n) is 5.34. The number of hydrogen-bond acceptors (Lipinski definition) is 4. The maximum Gasteiger partial charge on any atom is 0.325 e. The Morgan fingerprint density at radius 3 is 2.69 bits per heavy atom. The topological polar surface area (TPSA) is 87.7 Å². The summed E-state index contributed by atoms with van der Waals surface area (Å²) in [5, 5.41) is 5.55. The third-order valence-corrected chi connectivity index (χ3v) is 5.34. The van der Waals surface area contributed by atoms with Gasteiger partial charge in [-0.15, -0.1) is 0 Å². The standard InChI is InChI=1S/C22H23N3O4/c1-2-5-15-8-10-16(11-9-15)23-19(26)14-25-20(27)22(24-21(25)28)12-13-29-18-7-4-3-6-17(18)22/h3-4,6-11H,2,5,12-14H2,1H3,(H,23,26)(H,24,28). The van der Waals surface area contributed by atoms with Crippen LogP contribution in [-0.4, -0.2) is 35.9 Å². The number of anilines is 1. The number of nitrogens with one attached hydrogen (secondary N) is 2. The lowest BCUT2D eigenvalue weighted by molar-refractivity contribution is -0.135. The molecule has 0 bridgehead atoms. The van der Waals surface area contributed by atoms with Gasteiger partial charge in [-0.2, -0.15) is 0 Å². The van der Waals surface area contributed by atoms with E-state index in [1.165, 1.54) is 5.56 Å². The Bertz CT molecular complexity index is 957. The first-order valence-electron chi connectivity index (χ1n) is 9.79. The largest absolute Gasteiger partial charge is 0.493 e. The Morgan fingerprint density at radius 1 is 1.17 bits per heavy atom. The summed E-state index contributed by atoms with van der Waals surface area (Å²) < 4.78 is 5.61. The average Bonchev–Trinajstić information content (AvgIpc) is 2.95. The number of hydrogen-bond donors (Lipinski definition) is 2. The summed E-state index contributed by atoms with van der Waals surface area (Å²) in [5.74, 6) is -0.272. The summed E-state index contributed by atoms with van der Waals surface area (Å²) in [6.07, 6.45) is 2.35. The zero-order valence-electron chi connectivity index (χ0n) is 16.2. The van der Waals surface area contributed by atoms with Gasteiger partial charge in [0.25, 0.3) is 5.91 Å². The zero-order chi connectivity index (χ0) is 20.4. The highest BCUT2D eigenvalue weighted by molar-refractivity contribution is 6.10. The molecule has 7 heteroatoms. The molecule has 2 aliphatic rings. The van der Waals surface area contributed by atoms with E-state index < -0.39 is 23.4 Å². The predicted molar refractivity (Wildman–Crippen MR) is 108 cm³/mol. The predicted octanol–water partition coefficient (Wildman–Crippen LogP) is 2.81. The smallest absolute Gasteiger partial charge is 0.325 e. The van der Waals surface area contributed by atoms with Gasteiger partial charge in [0.1, 0.15) is 12.3 Å². The molecule has 4 rings (SSSR count). The van der Waals surface area contributed by atoms with Gasteiger partial charge in [0.15, 0.2) is 5.54 Å². The fourth-order valence-electron chi connectivity index (χ4n) is 3.90. The number of para-hydroxylation sites is 1. The molecule has 2 heterocycles. The molecule has 1 atom stereocenters. The monoisotopic (exact) mass is 393 g/mol. The molecule has 150 valence electrons. The van der Waals surface area contributed by atoms with Gasteiger partial charge in [0, 0.05) is 17.7 Å². The first kappa shape index (κ1) is 19.0. The first-order chi connectivity index (χ1) is 14.0. The van der Waals surface area contributed by atoms with E-state index >= 15 is 0 Å². The van der Waals surface area contributed by atoms with Crippen molar-refractivity contribution in [3.63, 3.8) is 0 Å².